The molecule has 1 heterocycles. The smallest absolute Gasteiger partial charge is 0.0584 e. The van der Waals surface area contributed by atoms with Gasteiger partial charge in [-0.25, -0.2) is 0 Å². The molecule has 11 heavy (non-hydrogen) atoms. The van der Waals surface area contributed by atoms with Crippen molar-refractivity contribution in [3.63, 3.8) is 0 Å². The summed E-state index contributed by atoms with van der Waals surface area (Å²) in [7, 11) is 0. The Morgan fingerprint density at radius 3 is 2.82 bits per heavy atom. The number of nitrogens with one attached hydrogen (secondary N) is 1. The molecule has 0 aromatic rings. The highest BCUT2D eigenvalue weighted by molar-refractivity contribution is 4.92. The summed E-state index contributed by atoms with van der Waals surface area (Å²) in [5.74, 6) is 0.876. The van der Waals surface area contributed by atoms with Gasteiger partial charge >= 0.3 is 0 Å². The standard InChI is InChI=1S/C9H17NO/c11-6-8-5-7-3-1-2-4-9(7)10-8/h7-11H,1-6H2/t7-,8-,9-/m0/s1. The molecule has 2 heteroatoms. The van der Waals surface area contributed by atoms with Gasteiger partial charge < -0.3 is 10.4 Å². The topological polar surface area (TPSA) is 32.3 Å². The second-order valence-electron chi connectivity index (χ2n) is 3.93. The van der Waals surface area contributed by atoms with Crippen LogP contribution in [-0.4, -0.2) is 23.8 Å². The third-order valence-electron chi connectivity index (χ3n) is 3.17. The molecule has 1 aliphatic carbocycles. The molecule has 0 spiro atoms. The third kappa shape index (κ3) is 1.42. The fourth-order valence-electron chi connectivity index (χ4n) is 2.57. The molecule has 2 fully saturated rings. The maximum absolute atomic E-state index is 8.95. The molecule has 3 atom stereocenters. The Morgan fingerprint density at radius 2 is 2.09 bits per heavy atom. The van der Waals surface area contributed by atoms with Crippen LogP contribution in [0.25, 0.3) is 0 Å². The summed E-state index contributed by atoms with van der Waals surface area (Å²) < 4.78 is 0. The summed E-state index contributed by atoms with van der Waals surface area (Å²) in [5, 5.41) is 12.4. The Labute approximate surface area is 68.0 Å². The van der Waals surface area contributed by atoms with Crippen molar-refractivity contribution < 1.29 is 5.11 Å². The van der Waals surface area contributed by atoms with Gasteiger partial charge in [-0.15, -0.1) is 0 Å². The van der Waals surface area contributed by atoms with Crippen molar-refractivity contribution >= 4 is 0 Å². The van der Waals surface area contributed by atoms with Crippen LogP contribution in [0, 0.1) is 5.92 Å². The summed E-state index contributed by atoms with van der Waals surface area (Å²) in [4.78, 5) is 0. The summed E-state index contributed by atoms with van der Waals surface area (Å²) >= 11 is 0. The molecule has 1 saturated carbocycles. The zero-order valence-corrected chi connectivity index (χ0v) is 6.92. The summed E-state index contributed by atoms with van der Waals surface area (Å²) in [6.45, 7) is 0.326. The molecule has 0 unspecified atom stereocenters. The van der Waals surface area contributed by atoms with Crippen molar-refractivity contribution in [2.45, 2.75) is 44.2 Å². The van der Waals surface area contributed by atoms with E-state index in [0.29, 0.717) is 12.6 Å². The largest absolute Gasteiger partial charge is 0.395 e. The van der Waals surface area contributed by atoms with Crippen LogP contribution >= 0.6 is 0 Å². The van der Waals surface area contributed by atoms with Crippen LogP contribution in [0.15, 0.2) is 0 Å². The fourth-order valence-corrected chi connectivity index (χ4v) is 2.57. The lowest BCUT2D eigenvalue weighted by atomic mass is 9.85. The van der Waals surface area contributed by atoms with Crippen LogP contribution < -0.4 is 5.32 Å². The van der Waals surface area contributed by atoms with Crippen LogP contribution in [0.2, 0.25) is 0 Å². The maximum Gasteiger partial charge on any atom is 0.0584 e. The van der Waals surface area contributed by atoms with E-state index in [9.17, 15) is 0 Å². The molecule has 2 rings (SSSR count). The van der Waals surface area contributed by atoms with E-state index in [1.807, 2.05) is 0 Å². The van der Waals surface area contributed by atoms with Gasteiger partial charge in [-0.3, -0.25) is 0 Å². The van der Waals surface area contributed by atoms with Gasteiger partial charge in [0, 0.05) is 12.1 Å². The Balaban J connectivity index is 1.92. The normalized spacial score (nSPS) is 43.9. The zero-order valence-electron chi connectivity index (χ0n) is 6.92. The number of rotatable bonds is 1. The van der Waals surface area contributed by atoms with Crippen molar-refractivity contribution in [3.8, 4) is 0 Å². The van der Waals surface area contributed by atoms with Crippen LogP contribution in [0.4, 0.5) is 0 Å². The van der Waals surface area contributed by atoms with E-state index >= 15 is 0 Å². The highest BCUT2D eigenvalue weighted by Crippen LogP contribution is 2.32. The van der Waals surface area contributed by atoms with Gasteiger partial charge in [0.1, 0.15) is 0 Å². The molecule has 2 aliphatic rings. The van der Waals surface area contributed by atoms with E-state index in [0.717, 1.165) is 12.0 Å². The van der Waals surface area contributed by atoms with Crippen LogP contribution in [0.1, 0.15) is 32.1 Å². The van der Waals surface area contributed by atoms with E-state index in [4.69, 9.17) is 5.11 Å². The van der Waals surface area contributed by atoms with E-state index in [-0.39, 0.29) is 0 Å². The Morgan fingerprint density at radius 1 is 1.27 bits per heavy atom. The fraction of sp³-hybridized carbons (Fsp3) is 1.00. The molecule has 1 aliphatic heterocycles. The first-order valence-electron chi connectivity index (χ1n) is 4.77. The molecule has 0 radical (unpaired) electrons. The van der Waals surface area contributed by atoms with E-state index in [1.54, 1.807) is 0 Å². The van der Waals surface area contributed by atoms with Crippen LogP contribution in [-0.2, 0) is 0 Å². The molecule has 2 nitrogen and oxygen atoms in total. The SMILES string of the molecule is OC[C@@H]1C[C@@H]2CCCC[C@@H]2N1. The molecule has 2 N–H and O–H groups in total. The van der Waals surface area contributed by atoms with Crippen molar-refractivity contribution in [2.24, 2.45) is 5.92 Å². The minimum absolute atomic E-state index is 0.326. The minimum atomic E-state index is 0.326. The summed E-state index contributed by atoms with van der Waals surface area (Å²) in [6, 6.07) is 1.14. The van der Waals surface area contributed by atoms with Crippen LogP contribution in [0.3, 0.4) is 0 Å². The molecular weight excluding hydrogens is 138 g/mol. The predicted molar refractivity (Wildman–Crippen MR) is 44.4 cm³/mol. The van der Waals surface area contributed by atoms with Gasteiger partial charge in [-0.05, 0) is 25.2 Å². The van der Waals surface area contributed by atoms with Gasteiger partial charge in [0.2, 0.25) is 0 Å². The monoisotopic (exact) mass is 155 g/mol. The molecule has 64 valence electrons. The van der Waals surface area contributed by atoms with Crippen molar-refractivity contribution in [3.05, 3.63) is 0 Å². The lowest BCUT2D eigenvalue weighted by Crippen LogP contribution is -2.34. The van der Waals surface area contributed by atoms with Crippen molar-refractivity contribution in [2.75, 3.05) is 6.61 Å². The van der Waals surface area contributed by atoms with Gasteiger partial charge in [0.15, 0.2) is 0 Å². The molecule has 0 aromatic heterocycles. The van der Waals surface area contributed by atoms with Gasteiger partial charge in [0.05, 0.1) is 6.61 Å². The number of hydrogen-bond donors (Lipinski definition) is 2. The Hall–Kier alpha value is -0.0800. The maximum atomic E-state index is 8.95. The van der Waals surface area contributed by atoms with Gasteiger partial charge in [0.25, 0.3) is 0 Å². The highest BCUT2D eigenvalue weighted by atomic mass is 16.3. The van der Waals surface area contributed by atoms with E-state index in [2.05, 4.69) is 5.32 Å². The molecule has 0 bridgehead atoms. The Kier molecular flexibility index (Phi) is 2.14. The van der Waals surface area contributed by atoms with E-state index in [1.165, 1.54) is 32.1 Å². The summed E-state index contributed by atoms with van der Waals surface area (Å²) in [5.41, 5.74) is 0. The van der Waals surface area contributed by atoms with E-state index < -0.39 is 0 Å². The van der Waals surface area contributed by atoms with Crippen LogP contribution in [0.5, 0.6) is 0 Å². The van der Waals surface area contributed by atoms with Gasteiger partial charge in [-0.2, -0.15) is 0 Å². The average Bonchev–Trinajstić information content (AvgIpc) is 2.46. The summed E-state index contributed by atoms with van der Waals surface area (Å²) in [6.07, 6.45) is 6.71. The molecule has 0 amide bonds. The lowest BCUT2D eigenvalue weighted by Gasteiger charge is -2.24. The van der Waals surface area contributed by atoms with Gasteiger partial charge in [-0.1, -0.05) is 12.8 Å². The molecule has 1 saturated heterocycles. The number of aliphatic hydroxyl groups is 1. The van der Waals surface area contributed by atoms with Crippen molar-refractivity contribution in [1.29, 1.82) is 0 Å². The second kappa shape index (κ2) is 3.11. The third-order valence-corrected chi connectivity index (χ3v) is 3.17. The average molecular weight is 155 g/mol. The molecular formula is C9H17NO. The number of hydrogen-bond acceptors (Lipinski definition) is 2. The highest BCUT2D eigenvalue weighted by Gasteiger charge is 2.34. The lowest BCUT2D eigenvalue weighted by molar-refractivity contribution is 0.250. The zero-order chi connectivity index (χ0) is 7.68. The first kappa shape index (κ1) is 7.56. The molecule has 0 aromatic carbocycles. The minimum Gasteiger partial charge on any atom is -0.395 e. The second-order valence-corrected chi connectivity index (χ2v) is 3.93. The Bertz CT molecular complexity index is 124. The number of aliphatic hydroxyl groups excluding tert-OH is 1. The quantitative estimate of drug-likeness (QED) is 0.589. The first-order chi connectivity index (χ1) is 5.40. The predicted octanol–water partition coefficient (Wildman–Crippen LogP) is 0.899. The number of fused-ring (bicyclic) bond motifs is 1. The first-order valence-corrected chi connectivity index (χ1v) is 4.77. The van der Waals surface area contributed by atoms with Crippen molar-refractivity contribution in [1.82, 2.24) is 5.32 Å².